The number of anilines is 3. The van der Waals surface area contributed by atoms with Gasteiger partial charge < -0.3 is 29.2 Å². The van der Waals surface area contributed by atoms with Gasteiger partial charge in [-0.05, 0) is 73.7 Å². The lowest BCUT2D eigenvalue weighted by Crippen LogP contribution is -2.50. The predicted molar refractivity (Wildman–Crippen MR) is 180 cm³/mol. The molecule has 5 aromatic rings. The van der Waals surface area contributed by atoms with Gasteiger partial charge in [0.15, 0.2) is 0 Å². The van der Waals surface area contributed by atoms with E-state index in [1.54, 1.807) is 37.8 Å². The molecule has 0 saturated carbocycles. The van der Waals surface area contributed by atoms with Gasteiger partial charge in [0.25, 0.3) is 11.1 Å². The highest BCUT2D eigenvalue weighted by atomic mass is 16.3. The summed E-state index contributed by atoms with van der Waals surface area (Å²) in [6, 6.07) is 9.83. The summed E-state index contributed by atoms with van der Waals surface area (Å²) in [7, 11) is 3.83. The molecule has 5 aromatic heterocycles. The van der Waals surface area contributed by atoms with Gasteiger partial charge in [0.2, 0.25) is 0 Å². The fraction of sp³-hybridized carbons (Fsp3) is 0.371. The number of aromatic nitrogens is 5. The van der Waals surface area contributed by atoms with Crippen LogP contribution in [0, 0.1) is 5.41 Å². The number of nitrogens with one attached hydrogen (secondary N) is 1. The van der Waals surface area contributed by atoms with Crippen LogP contribution in [0.5, 0.6) is 0 Å². The van der Waals surface area contributed by atoms with E-state index >= 15 is 0 Å². The smallest absolute Gasteiger partial charge is 0.280 e. The molecule has 1 aliphatic heterocycles. The van der Waals surface area contributed by atoms with Gasteiger partial charge in [-0.15, -0.1) is 0 Å². The van der Waals surface area contributed by atoms with Crippen molar-refractivity contribution < 1.29 is 5.11 Å². The maximum Gasteiger partial charge on any atom is 0.280 e. The minimum Gasteiger partial charge on any atom is -0.392 e. The van der Waals surface area contributed by atoms with Gasteiger partial charge in [0, 0.05) is 74.3 Å². The molecule has 1 aliphatic carbocycles. The molecule has 7 rings (SSSR count). The molecule has 0 unspecified atom stereocenters. The molecule has 0 spiro atoms. The number of hydrogen-bond acceptors (Lipinski definition) is 8. The molecule has 0 bridgehead atoms. The Balaban J connectivity index is 1.22. The van der Waals surface area contributed by atoms with Crippen LogP contribution < -0.4 is 21.3 Å². The summed E-state index contributed by atoms with van der Waals surface area (Å²) in [6.07, 6.45) is 10.7. The van der Waals surface area contributed by atoms with Crippen molar-refractivity contribution in [2.24, 2.45) is 12.5 Å². The monoisotopic (exact) mass is 620 g/mol. The van der Waals surface area contributed by atoms with Crippen LogP contribution in [0.25, 0.3) is 22.5 Å². The van der Waals surface area contributed by atoms with Crippen LogP contribution in [0.3, 0.4) is 0 Å². The molecule has 2 aliphatic rings. The first-order valence-electron chi connectivity index (χ1n) is 15.8. The molecule has 0 radical (unpaired) electrons. The highest BCUT2D eigenvalue weighted by Gasteiger charge is 2.32. The Morgan fingerprint density at radius 2 is 1.85 bits per heavy atom. The fourth-order valence-corrected chi connectivity index (χ4v) is 7.18. The second kappa shape index (κ2) is 11.3. The van der Waals surface area contributed by atoms with Gasteiger partial charge in [0.05, 0.1) is 18.5 Å². The van der Waals surface area contributed by atoms with E-state index in [9.17, 15) is 14.7 Å². The molecular weight excluding hydrogens is 580 g/mol. The number of fused-ring (bicyclic) bond motifs is 3. The largest absolute Gasteiger partial charge is 0.392 e. The first kappa shape index (κ1) is 29.9. The van der Waals surface area contributed by atoms with Crippen molar-refractivity contribution in [3.63, 3.8) is 0 Å². The number of likely N-dealkylation sites (N-methyl/N-ethyl adjacent to an activating group) is 1. The molecule has 0 amide bonds. The Morgan fingerprint density at radius 3 is 2.59 bits per heavy atom. The van der Waals surface area contributed by atoms with E-state index in [0.29, 0.717) is 45.6 Å². The standard InChI is InChI=1S/C35H40N8O3/c1-22-19-39(4)10-11-41(22)25-6-7-31(37-18-25)38-28-14-24(20-40(5)33(28)45)26-8-9-36-32(27(26)21-44)43-13-12-42-29(34(43)46)15-23-16-35(2,3)17-30(23)42/h6-9,12-15,18,20,22,44H,10-11,16-17,19,21H2,1-5H3,(H,37,38)/t22-/m0/s1. The number of aryl methyl sites for hydroxylation is 1. The average Bonchev–Trinajstić information content (AvgIpc) is 3.52. The molecule has 2 N–H and O–H groups in total. The molecule has 1 fully saturated rings. The van der Waals surface area contributed by atoms with Crippen LogP contribution in [0.2, 0.25) is 0 Å². The van der Waals surface area contributed by atoms with E-state index in [-0.39, 0.29) is 23.1 Å². The summed E-state index contributed by atoms with van der Waals surface area (Å²) in [6.45, 7) is 9.27. The van der Waals surface area contributed by atoms with Crippen LogP contribution >= 0.6 is 0 Å². The number of nitrogens with zero attached hydrogens (tertiary/aromatic N) is 7. The molecule has 6 heterocycles. The quantitative estimate of drug-likeness (QED) is 0.295. The second-order valence-corrected chi connectivity index (χ2v) is 13.6. The number of pyridine rings is 3. The first-order chi connectivity index (χ1) is 22.0. The molecular formula is C35H40N8O3. The number of aliphatic hydroxyl groups excluding tert-OH is 1. The van der Waals surface area contributed by atoms with E-state index in [1.807, 2.05) is 35.0 Å². The molecule has 0 aromatic carbocycles. The molecule has 46 heavy (non-hydrogen) atoms. The van der Waals surface area contributed by atoms with E-state index in [0.717, 1.165) is 38.2 Å². The molecule has 238 valence electrons. The van der Waals surface area contributed by atoms with Crippen LogP contribution in [0.4, 0.5) is 17.2 Å². The van der Waals surface area contributed by atoms with Gasteiger partial charge in [-0.25, -0.2) is 9.97 Å². The van der Waals surface area contributed by atoms with Crippen molar-refractivity contribution in [2.45, 2.75) is 46.3 Å². The maximum absolute atomic E-state index is 13.8. The van der Waals surface area contributed by atoms with Crippen molar-refractivity contribution in [2.75, 3.05) is 36.9 Å². The molecule has 11 heteroatoms. The average molecular weight is 621 g/mol. The lowest BCUT2D eigenvalue weighted by molar-refractivity contribution is 0.275. The summed E-state index contributed by atoms with van der Waals surface area (Å²) in [5.41, 5.74) is 5.98. The van der Waals surface area contributed by atoms with E-state index in [2.05, 4.69) is 52.9 Å². The molecule has 1 atom stereocenters. The molecule has 1 saturated heterocycles. The van der Waals surface area contributed by atoms with Crippen LogP contribution in [-0.2, 0) is 26.5 Å². The Bertz CT molecular complexity index is 2080. The second-order valence-electron chi connectivity index (χ2n) is 13.6. The summed E-state index contributed by atoms with van der Waals surface area (Å²) >= 11 is 0. The summed E-state index contributed by atoms with van der Waals surface area (Å²) in [5.74, 6) is 0.910. The van der Waals surface area contributed by atoms with Gasteiger partial charge >= 0.3 is 0 Å². The Morgan fingerprint density at radius 1 is 1.02 bits per heavy atom. The SMILES string of the molecule is C[C@H]1CN(C)CCN1c1ccc(Nc2cc(-c3ccnc(-n4ccn5c6c(cc5c4=O)CC(C)(C)C6)c3CO)cn(C)c2=O)nc1. The molecule has 11 nitrogen and oxygen atoms in total. The zero-order valence-electron chi connectivity index (χ0n) is 27.0. The summed E-state index contributed by atoms with van der Waals surface area (Å²) < 4.78 is 4.99. The van der Waals surface area contributed by atoms with Crippen molar-refractivity contribution in [1.82, 2.24) is 28.4 Å². The lowest BCUT2D eigenvalue weighted by Gasteiger charge is -2.39. The van der Waals surface area contributed by atoms with E-state index in [4.69, 9.17) is 0 Å². The third kappa shape index (κ3) is 5.19. The summed E-state index contributed by atoms with van der Waals surface area (Å²) in [4.78, 5) is 40.8. The lowest BCUT2D eigenvalue weighted by atomic mass is 9.90. The van der Waals surface area contributed by atoms with Gasteiger partial charge in [0.1, 0.15) is 22.8 Å². The highest BCUT2D eigenvalue weighted by molar-refractivity contribution is 5.73. The van der Waals surface area contributed by atoms with Crippen LogP contribution in [-0.4, -0.2) is 66.2 Å². The number of rotatable bonds is 6. The zero-order chi connectivity index (χ0) is 32.3. The van der Waals surface area contributed by atoms with Gasteiger partial charge in [-0.3, -0.25) is 14.2 Å². The van der Waals surface area contributed by atoms with Crippen LogP contribution in [0.15, 0.2) is 70.9 Å². The van der Waals surface area contributed by atoms with Gasteiger partial charge in [-0.1, -0.05) is 13.8 Å². The zero-order valence-corrected chi connectivity index (χ0v) is 27.0. The number of aliphatic hydroxyl groups is 1. The normalized spacial score (nSPS) is 17.9. The third-order valence-electron chi connectivity index (χ3n) is 9.44. The highest BCUT2D eigenvalue weighted by Crippen LogP contribution is 2.37. The van der Waals surface area contributed by atoms with E-state index < -0.39 is 0 Å². The first-order valence-corrected chi connectivity index (χ1v) is 15.8. The van der Waals surface area contributed by atoms with Crippen molar-refractivity contribution >= 4 is 22.7 Å². The minimum absolute atomic E-state index is 0.174. The Labute approximate surface area is 267 Å². The van der Waals surface area contributed by atoms with Gasteiger partial charge in [-0.2, -0.15) is 0 Å². The van der Waals surface area contributed by atoms with Crippen LogP contribution in [0.1, 0.15) is 37.6 Å². The van der Waals surface area contributed by atoms with Crippen molar-refractivity contribution in [3.8, 4) is 16.9 Å². The topological polar surface area (TPSA) is 113 Å². The maximum atomic E-state index is 13.8. The van der Waals surface area contributed by atoms with Crippen molar-refractivity contribution in [3.05, 3.63) is 98.8 Å². The third-order valence-corrected chi connectivity index (χ3v) is 9.44. The number of hydrogen-bond donors (Lipinski definition) is 2. The Hall–Kier alpha value is -4.74. The Kier molecular flexibility index (Phi) is 7.32. The summed E-state index contributed by atoms with van der Waals surface area (Å²) in [5, 5.41) is 13.8. The fourth-order valence-electron chi connectivity index (χ4n) is 7.18. The van der Waals surface area contributed by atoms with Crippen molar-refractivity contribution in [1.29, 1.82) is 0 Å². The van der Waals surface area contributed by atoms with E-state index in [1.165, 1.54) is 20.4 Å². The predicted octanol–water partition coefficient (Wildman–Crippen LogP) is 3.75. The number of piperazine rings is 1. The minimum atomic E-state index is -0.346.